The van der Waals surface area contributed by atoms with Crippen molar-refractivity contribution in [3.63, 3.8) is 0 Å². The highest BCUT2D eigenvalue weighted by atomic mass is 15.1. The number of hydrogen-bond acceptors (Lipinski definition) is 1. The molecule has 5 aromatic rings. The van der Waals surface area contributed by atoms with Gasteiger partial charge >= 0.3 is 0 Å². The molecule has 0 aliphatic carbocycles. The molecule has 0 saturated carbocycles. The fourth-order valence-corrected chi connectivity index (χ4v) is 7.50. The first-order valence-electron chi connectivity index (χ1n) is 15.1. The third-order valence-electron chi connectivity index (χ3n) is 9.98. The molecule has 0 radical (unpaired) electrons. The molecule has 1 aliphatic rings. The van der Waals surface area contributed by atoms with Crippen molar-refractivity contribution in [3.8, 4) is 11.3 Å². The number of pyridine rings is 2. The predicted octanol–water partition coefficient (Wildman–Crippen LogP) is 8.71. The van der Waals surface area contributed by atoms with Gasteiger partial charge in [0.05, 0.1) is 23.3 Å². The van der Waals surface area contributed by atoms with Crippen molar-refractivity contribution in [2.24, 2.45) is 18.9 Å². The molecule has 0 bridgehead atoms. The van der Waals surface area contributed by atoms with Crippen LogP contribution in [0.25, 0.3) is 38.7 Å². The van der Waals surface area contributed by atoms with E-state index in [1.807, 2.05) is 6.20 Å². The van der Waals surface area contributed by atoms with E-state index in [9.17, 15) is 0 Å². The van der Waals surface area contributed by atoms with E-state index in [0.717, 1.165) is 18.4 Å². The quantitative estimate of drug-likeness (QED) is 0.164. The molecule has 0 unspecified atom stereocenters. The summed E-state index contributed by atoms with van der Waals surface area (Å²) in [6, 6.07) is 14.3. The van der Waals surface area contributed by atoms with Crippen molar-refractivity contribution in [1.82, 2.24) is 9.38 Å². The summed E-state index contributed by atoms with van der Waals surface area (Å²) in [7, 11) is 2.28. The van der Waals surface area contributed by atoms with Gasteiger partial charge in [-0.1, -0.05) is 73.6 Å². The minimum absolute atomic E-state index is 0.0736. The van der Waals surface area contributed by atoms with Crippen LogP contribution in [0.3, 0.4) is 0 Å². The molecule has 0 N–H and O–H groups in total. The van der Waals surface area contributed by atoms with Crippen LogP contribution in [0.5, 0.6) is 0 Å². The van der Waals surface area contributed by atoms with Crippen LogP contribution < -0.4 is 4.57 Å². The van der Waals surface area contributed by atoms with Gasteiger partial charge in [-0.3, -0.25) is 4.98 Å². The van der Waals surface area contributed by atoms with Crippen LogP contribution in [0, 0.1) is 25.7 Å². The van der Waals surface area contributed by atoms with Gasteiger partial charge in [0.1, 0.15) is 5.52 Å². The Morgan fingerprint density at radius 2 is 1.40 bits per heavy atom. The maximum Gasteiger partial charge on any atom is 0.297 e. The van der Waals surface area contributed by atoms with Gasteiger partial charge < -0.3 is 0 Å². The molecule has 4 heterocycles. The van der Waals surface area contributed by atoms with Gasteiger partial charge in [0.15, 0.2) is 11.4 Å². The first kappa shape index (κ1) is 27.0. The second-order valence-corrected chi connectivity index (χ2v) is 14.4. The minimum atomic E-state index is -0.113. The molecule has 0 saturated heterocycles. The number of imidazole rings is 1. The van der Waals surface area contributed by atoms with Crippen molar-refractivity contribution >= 4 is 27.5 Å². The van der Waals surface area contributed by atoms with Crippen LogP contribution in [0.2, 0.25) is 0 Å². The molecule has 1 aliphatic heterocycles. The average molecular weight is 533 g/mol. The molecule has 0 atom stereocenters. The molecule has 208 valence electrons. The van der Waals surface area contributed by atoms with E-state index in [1.165, 1.54) is 66.7 Å². The summed E-state index contributed by atoms with van der Waals surface area (Å²) in [5, 5.41) is 2.56. The smallest absolute Gasteiger partial charge is 0.255 e. The Balaban J connectivity index is 1.87. The molecule has 2 aromatic carbocycles. The Kier molecular flexibility index (Phi) is 6.01. The van der Waals surface area contributed by atoms with Crippen molar-refractivity contribution in [3.05, 3.63) is 76.1 Å². The second-order valence-electron chi connectivity index (χ2n) is 14.4. The van der Waals surface area contributed by atoms with Crippen molar-refractivity contribution in [2.45, 2.75) is 92.9 Å². The van der Waals surface area contributed by atoms with Crippen LogP contribution in [0.1, 0.15) is 88.9 Å². The fourth-order valence-electron chi connectivity index (χ4n) is 7.50. The monoisotopic (exact) mass is 532 g/mol. The lowest BCUT2D eigenvalue weighted by atomic mass is 9.60. The molecule has 3 heteroatoms. The average Bonchev–Trinajstić information content (AvgIpc) is 3.16. The number of rotatable bonds is 5. The summed E-state index contributed by atoms with van der Waals surface area (Å²) >= 11 is 0. The second kappa shape index (κ2) is 8.90. The van der Waals surface area contributed by atoms with Gasteiger partial charge in [-0.15, -0.1) is 0 Å². The lowest BCUT2D eigenvalue weighted by molar-refractivity contribution is -0.632. The van der Waals surface area contributed by atoms with Gasteiger partial charge in [-0.2, -0.15) is 4.40 Å². The molecule has 0 fully saturated rings. The summed E-state index contributed by atoms with van der Waals surface area (Å²) in [5.41, 5.74) is 14.5. The Hall–Kier alpha value is -3.20. The standard InChI is InChI=1S/C37H46N3/c1-21(2)16-25-18-26(17-22(3)4)20-27(19-25)32-34-37(9,10)36(7,8)28-13-12-23(5)29-31-30(24(6)14-15-38-31)35(39(32)11)40(34)33(28)29/h12-15,18-22H,16-17H2,1-11H3/q+1. The molecule has 3 aromatic heterocycles. The number of hydrogen-bond donors (Lipinski definition) is 0. The molecular weight excluding hydrogens is 486 g/mol. The van der Waals surface area contributed by atoms with Crippen molar-refractivity contribution in [2.75, 3.05) is 0 Å². The summed E-state index contributed by atoms with van der Waals surface area (Å²) in [6.45, 7) is 23.6. The van der Waals surface area contributed by atoms with Gasteiger partial charge in [0.25, 0.3) is 5.65 Å². The van der Waals surface area contributed by atoms with Crippen LogP contribution in [-0.2, 0) is 30.7 Å². The number of benzene rings is 2. The van der Waals surface area contributed by atoms with E-state index in [1.54, 1.807) is 0 Å². The minimum Gasteiger partial charge on any atom is -0.255 e. The first-order valence-corrected chi connectivity index (χ1v) is 15.1. The summed E-state index contributed by atoms with van der Waals surface area (Å²) < 4.78 is 5.13. The normalized spacial score (nSPS) is 15.9. The van der Waals surface area contributed by atoms with Crippen molar-refractivity contribution in [1.29, 1.82) is 0 Å². The first-order chi connectivity index (χ1) is 18.8. The van der Waals surface area contributed by atoms with E-state index < -0.39 is 0 Å². The van der Waals surface area contributed by atoms with Gasteiger partial charge in [0, 0.05) is 28.2 Å². The lowest BCUT2D eigenvalue weighted by Gasteiger charge is -2.43. The highest BCUT2D eigenvalue weighted by molar-refractivity contribution is 6.13. The van der Waals surface area contributed by atoms with E-state index in [0.29, 0.717) is 11.8 Å². The zero-order valence-electron chi connectivity index (χ0n) is 26.5. The third kappa shape index (κ3) is 3.62. The van der Waals surface area contributed by atoms with Crippen molar-refractivity contribution < 1.29 is 4.57 Å². The van der Waals surface area contributed by atoms with E-state index in [2.05, 4.69) is 122 Å². The van der Waals surface area contributed by atoms with Gasteiger partial charge in [-0.25, -0.2) is 4.57 Å². The third-order valence-corrected chi connectivity index (χ3v) is 9.98. The summed E-state index contributed by atoms with van der Waals surface area (Å²) in [6.07, 6.45) is 4.18. The largest absolute Gasteiger partial charge is 0.297 e. The number of aryl methyl sites for hydroxylation is 3. The Morgan fingerprint density at radius 3 is 2.00 bits per heavy atom. The fraction of sp³-hybridized carbons (Fsp3) is 0.459. The highest BCUT2D eigenvalue weighted by Crippen LogP contribution is 2.53. The topological polar surface area (TPSA) is 21.2 Å². The van der Waals surface area contributed by atoms with E-state index in [4.69, 9.17) is 4.98 Å². The predicted molar refractivity (Wildman–Crippen MR) is 169 cm³/mol. The van der Waals surface area contributed by atoms with Crippen LogP contribution in [0.4, 0.5) is 0 Å². The molecule has 40 heavy (non-hydrogen) atoms. The number of fused-ring (bicyclic) bond motifs is 3. The summed E-state index contributed by atoms with van der Waals surface area (Å²) in [5.74, 6) is 1.23. The van der Waals surface area contributed by atoms with Crippen LogP contribution in [-0.4, -0.2) is 9.38 Å². The van der Waals surface area contributed by atoms with Crippen LogP contribution in [0.15, 0.2) is 42.6 Å². The molecule has 0 spiro atoms. The Bertz CT molecular complexity index is 1800. The number of nitrogens with zero attached hydrogens (tertiary/aromatic N) is 3. The molecular formula is C37H46N3+. The number of aromatic nitrogens is 3. The van der Waals surface area contributed by atoms with Crippen LogP contribution >= 0.6 is 0 Å². The molecule has 0 amide bonds. The highest BCUT2D eigenvalue weighted by Gasteiger charge is 2.53. The van der Waals surface area contributed by atoms with Gasteiger partial charge in [-0.05, 0) is 79.0 Å². The van der Waals surface area contributed by atoms with Gasteiger partial charge in [0.2, 0.25) is 0 Å². The molecule has 6 rings (SSSR count). The Labute approximate surface area is 240 Å². The maximum absolute atomic E-state index is 5.05. The van der Waals surface area contributed by atoms with E-state index in [-0.39, 0.29) is 10.8 Å². The zero-order chi connectivity index (χ0) is 28.9. The lowest BCUT2D eigenvalue weighted by Crippen LogP contribution is -2.44. The maximum atomic E-state index is 5.05. The summed E-state index contributed by atoms with van der Waals surface area (Å²) in [4.78, 5) is 5.05. The SMILES string of the molecule is Cc1ccc2c3c1c1nccc(C)c1c1n3c(c(-c3cc(CC(C)C)cc(CC(C)C)c3)[n+]1C)C(C)(C)C2(C)C. The van der Waals surface area contributed by atoms with E-state index >= 15 is 0 Å². The zero-order valence-corrected chi connectivity index (χ0v) is 26.5. The molecule has 3 nitrogen and oxygen atoms in total. The Morgan fingerprint density at radius 1 is 0.800 bits per heavy atom.